The van der Waals surface area contributed by atoms with Crippen molar-refractivity contribution in [3.05, 3.63) is 83.4 Å². The molecule has 0 radical (unpaired) electrons. The van der Waals surface area contributed by atoms with Crippen LogP contribution in [0.15, 0.2) is 66.7 Å². The lowest BCUT2D eigenvalue weighted by molar-refractivity contribution is -0.105. The number of carbonyl (C=O) groups is 1. The van der Waals surface area contributed by atoms with Crippen LogP contribution in [0.5, 0.6) is 17.2 Å². The van der Waals surface area contributed by atoms with Crippen molar-refractivity contribution in [3.63, 3.8) is 0 Å². The highest BCUT2D eigenvalue weighted by Crippen LogP contribution is 2.34. The molecule has 36 heavy (non-hydrogen) atoms. The SMILES string of the molecule is Cl.O=CNc1cc(C(O)C2CCC(CCc3ccc4c(c3)OCO4)N2)ccc1OCc1ccccc1. The van der Waals surface area contributed by atoms with Gasteiger partial charge in [0.15, 0.2) is 11.5 Å². The summed E-state index contributed by atoms with van der Waals surface area (Å²) in [5.41, 5.74) is 3.55. The van der Waals surface area contributed by atoms with E-state index in [2.05, 4.69) is 16.7 Å². The Kier molecular flexibility index (Phi) is 8.70. The molecule has 1 fully saturated rings. The van der Waals surface area contributed by atoms with Gasteiger partial charge in [0, 0.05) is 12.1 Å². The minimum absolute atomic E-state index is 0. The Morgan fingerprint density at radius 2 is 1.86 bits per heavy atom. The number of amides is 1. The van der Waals surface area contributed by atoms with Crippen LogP contribution < -0.4 is 24.8 Å². The Labute approximate surface area is 217 Å². The number of fused-ring (bicyclic) bond motifs is 1. The summed E-state index contributed by atoms with van der Waals surface area (Å²) in [5.74, 6) is 2.18. The van der Waals surface area contributed by atoms with E-state index in [1.165, 1.54) is 5.56 Å². The average molecular weight is 511 g/mol. The zero-order valence-electron chi connectivity index (χ0n) is 19.9. The molecule has 2 aliphatic heterocycles. The molecule has 0 aliphatic carbocycles. The van der Waals surface area contributed by atoms with Crippen molar-refractivity contribution in [1.82, 2.24) is 5.32 Å². The first kappa shape index (κ1) is 25.8. The van der Waals surface area contributed by atoms with Crippen molar-refractivity contribution >= 4 is 24.5 Å². The molecular weight excluding hydrogens is 480 g/mol. The van der Waals surface area contributed by atoms with Crippen molar-refractivity contribution in [1.29, 1.82) is 0 Å². The topological polar surface area (TPSA) is 89.1 Å². The van der Waals surface area contributed by atoms with E-state index in [9.17, 15) is 9.90 Å². The summed E-state index contributed by atoms with van der Waals surface area (Å²) >= 11 is 0. The second-order valence-corrected chi connectivity index (χ2v) is 9.01. The quantitative estimate of drug-likeness (QED) is 0.340. The third-order valence-corrected chi connectivity index (χ3v) is 6.67. The van der Waals surface area contributed by atoms with E-state index >= 15 is 0 Å². The van der Waals surface area contributed by atoms with Gasteiger partial charge in [-0.25, -0.2) is 0 Å². The number of anilines is 1. The molecule has 3 unspecified atom stereocenters. The minimum Gasteiger partial charge on any atom is -0.487 e. The molecule has 3 N–H and O–H groups in total. The van der Waals surface area contributed by atoms with Crippen molar-refractivity contribution in [2.24, 2.45) is 0 Å². The summed E-state index contributed by atoms with van der Waals surface area (Å²) in [5, 5.41) is 17.4. The Morgan fingerprint density at radius 1 is 1.03 bits per heavy atom. The number of halogens is 1. The zero-order valence-corrected chi connectivity index (χ0v) is 20.7. The molecule has 190 valence electrons. The number of ether oxygens (including phenoxy) is 3. The minimum atomic E-state index is -0.680. The number of carbonyl (C=O) groups excluding carboxylic acids is 1. The standard InChI is InChI=1S/C28H30N2O5.ClH/c31-17-29-24-15-21(8-13-25(24)33-16-20-4-2-1-3-5-20)28(32)23-11-10-22(30-23)9-6-19-7-12-26-27(14-19)35-18-34-26;/h1-5,7-8,12-15,17,22-23,28,30,32H,6,9-11,16,18H2,(H,29,31);1H. The molecule has 0 saturated carbocycles. The van der Waals surface area contributed by atoms with Gasteiger partial charge in [0.05, 0.1) is 11.8 Å². The third-order valence-electron chi connectivity index (χ3n) is 6.67. The highest BCUT2D eigenvalue weighted by Gasteiger charge is 2.30. The summed E-state index contributed by atoms with van der Waals surface area (Å²) in [6.45, 7) is 0.679. The van der Waals surface area contributed by atoms with Crippen LogP contribution in [-0.2, 0) is 17.8 Å². The van der Waals surface area contributed by atoms with Crippen LogP contribution in [0.1, 0.15) is 42.1 Å². The van der Waals surface area contributed by atoms with E-state index in [0.29, 0.717) is 30.5 Å². The van der Waals surface area contributed by atoms with Gasteiger partial charge in [0.1, 0.15) is 12.4 Å². The maximum Gasteiger partial charge on any atom is 0.231 e. The maximum absolute atomic E-state index is 11.2. The van der Waals surface area contributed by atoms with Crippen LogP contribution in [0.25, 0.3) is 0 Å². The van der Waals surface area contributed by atoms with Gasteiger partial charge in [-0.3, -0.25) is 4.79 Å². The molecule has 0 spiro atoms. The maximum atomic E-state index is 11.2. The first-order chi connectivity index (χ1) is 17.2. The lowest BCUT2D eigenvalue weighted by Gasteiger charge is -2.22. The van der Waals surface area contributed by atoms with Crippen LogP contribution in [0.3, 0.4) is 0 Å². The number of aliphatic hydroxyl groups is 1. The summed E-state index contributed by atoms with van der Waals surface area (Å²) in [7, 11) is 0. The Morgan fingerprint density at radius 3 is 2.69 bits per heavy atom. The van der Waals surface area contributed by atoms with Crippen molar-refractivity contribution < 1.29 is 24.1 Å². The largest absolute Gasteiger partial charge is 0.487 e. The monoisotopic (exact) mass is 510 g/mol. The lowest BCUT2D eigenvalue weighted by Crippen LogP contribution is -2.34. The third kappa shape index (κ3) is 6.10. The van der Waals surface area contributed by atoms with Gasteiger partial charge in [-0.15, -0.1) is 12.4 Å². The van der Waals surface area contributed by atoms with E-state index in [1.807, 2.05) is 48.5 Å². The lowest BCUT2D eigenvalue weighted by atomic mass is 10.00. The number of aliphatic hydroxyl groups excluding tert-OH is 1. The highest BCUT2D eigenvalue weighted by molar-refractivity contribution is 5.85. The van der Waals surface area contributed by atoms with Crippen LogP contribution in [0.2, 0.25) is 0 Å². The first-order valence-electron chi connectivity index (χ1n) is 12.0. The molecule has 1 amide bonds. The van der Waals surface area contributed by atoms with Gasteiger partial charge in [0.2, 0.25) is 13.2 Å². The molecule has 3 aromatic carbocycles. The van der Waals surface area contributed by atoms with Gasteiger partial charge < -0.3 is 30.0 Å². The second-order valence-electron chi connectivity index (χ2n) is 9.01. The molecule has 0 aromatic heterocycles. The second kappa shape index (κ2) is 12.1. The predicted molar refractivity (Wildman–Crippen MR) is 140 cm³/mol. The molecule has 0 bridgehead atoms. The smallest absolute Gasteiger partial charge is 0.231 e. The molecular formula is C28H31ClN2O5. The number of hydrogen-bond donors (Lipinski definition) is 3. The molecule has 1 saturated heterocycles. The summed E-state index contributed by atoms with van der Waals surface area (Å²) in [4.78, 5) is 11.2. The van der Waals surface area contributed by atoms with Crippen LogP contribution >= 0.6 is 12.4 Å². The summed E-state index contributed by atoms with van der Waals surface area (Å²) in [6.07, 6.45) is 3.74. The molecule has 7 nitrogen and oxygen atoms in total. The average Bonchev–Trinajstić information content (AvgIpc) is 3.56. The number of benzene rings is 3. The number of hydrogen-bond acceptors (Lipinski definition) is 6. The van der Waals surface area contributed by atoms with Crippen molar-refractivity contribution in [3.8, 4) is 17.2 Å². The van der Waals surface area contributed by atoms with Gasteiger partial charge >= 0.3 is 0 Å². The number of aryl methyl sites for hydroxylation is 1. The molecule has 3 aromatic rings. The van der Waals surface area contributed by atoms with E-state index < -0.39 is 6.10 Å². The van der Waals surface area contributed by atoms with E-state index in [4.69, 9.17) is 14.2 Å². The Balaban J connectivity index is 0.00000304. The zero-order chi connectivity index (χ0) is 24.0. The van der Waals surface area contributed by atoms with Gasteiger partial charge in [-0.2, -0.15) is 0 Å². The summed E-state index contributed by atoms with van der Waals surface area (Å²) < 4.78 is 16.8. The van der Waals surface area contributed by atoms with Crippen LogP contribution in [-0.4, -0.2) is 30.4 Å². The molecule has 3 atom stereocenters. The van der Waals surface area contributed by atoms with Crippen molar-refractivity contribution in [2.45, 2.75) is 50.5 Å². The summed E-state index contributed by atoms with van der Waals surface area (Å²) in [6, 6.07) is 21.7. The van der Waals surface area contributed by atoms with Gasteiger partial charge in [0.25, 0.3) is 0 Å². The Hall–Kier alpha value is -3.26. The number of nitrogens with one attached hydrogen (secondary N) is 2. The fourth-order valence-electron chi connectivity index (χ4n) is 4.77. The molecule has 2 heterocycles. The number of rotatable bonds is 10. The van der Waals surface area contributed by atoms with Crippen LogP contribution in [0.4, 0.5) is 5.69 Å². The molecule has 2 aliphatic rings. The normalized spacial score (nSPS) is 18.8. The molecule has 8 heteroatoms. The van der Waals surface area contributed by atoms with Crippen LogP contribution in [0, 0.1) is 0 Å². The Bertz CT molecular complexity index is 1160. The molecule has 5 rings (SSSR count). The fourth-order valence-corrected chi connectivity index (χ4v) is 4.77. The van der Waals surface area contributed by atoms with E-state index in [-0.39, 0.29) is 25.2 Å². The fraction of sp³-hybridized carbons (Fsp3) is 0.321. The highest BCUT2D eigenvalue weighted by atomic mass is 35.5. The van der Waals surface area contributed by atoms with E-state index in [1.54, 1.807) is 12.1 Å². The predicted octanol–water partition coefficient (Wildman–Crippen LogP) is 4.77. The van der Waals surface area contributed by atoms with Gasteiger partial charge in [-0.05, 0) is 66.6 Å². The van der Waals surface area contributed by atoms with E-state index in [0.717, 1.165) is 48.3 Å². The van der Waals surface area contributed by atoms with Crippen molar-refractivity contribution in [2.75, 3.05) is 12.1 Å². The van der Waals surface area contributed by atoms with Gasteiger partial charge in [-0.1, -0.05) is 42.5 Å². The first-order valence-corrected chi connectivity index (χ1v) is 12.0.